The van der Waals surface area contributed by atoms with Gasteiger partial charge in [-0.1, -0.05) is 18.9 Å². The van der Waals surface area contributed by atoms with Crippen LogP contribution in [0.25, 0.3) is 0 Å². The number of nitrogens with one attached hydrogen (secondary N) is 1. The third-order valence-corrected chi connectivity index (χ3v) is 5.43. The largest absolute Gasteiger partial charge is 0.481 e. The highest BCUT2D eigenvalue weighted by Crippen LogP contribution is 2.34. The first-order valence-corrected chi connectivity index (χ1v) is 8.24. The molecule has 1 aromatic rings. The number of aliphatic carboxylic acids is 1. The van der Waals surface area contributed by atoms with Crippen molar-refractivity contribution >= 4 is 16.0 Å². The SMILES string of the molecule is Cc1ccc(S(=O)(=O)NC2(CC(=O)O)CCCC2)cc1F. The average Bonchev–Trinajstić information content (AvgIpc) is 2.78. The second-order valence-corrected chi connectivity index (χ2v) is 7.26. The smallest absolute Gasteiger partial charge is 0.305 e. The van der Waals surface area contributed by atoms with Crippen molar-refractivity contribution in [2.45, 2.75) is 49.5 Å². The molecular weight excluding hydrogens is 297 g/mol. The van der Waals surface area contributed by atoms with Crippen LogP contribution in [0.15, 0.2) is 23.1 Å². The van der Waals surface area contributed by atoms with Crippen LogP contribution in [0.4, 0.5) is 4.39 Å². The van der Waals surface area contributed by atoms with E-state index in [1.165, 1.54) is 12.1 Å². The molecule has 21 heavy (non-hydrogen) atoms. The first-order valence-electron chi connectivity index (χ1n) is 6.76. The minimum Gasteiger partial charge on any atom is -0.481 e. The van der Waals surface area contributed by atoms with E-state index in [4.69, 9.17) is 5.11 Å². The molecule has 0 saturated heterocycles. The van der Waals surface area contributed by atoms with E-state index in [2.05, 4.69) is 4.72 Å². The lowest BCUT2D eigenvalue weighted by atomic mass is 9.95. The standard InChI is InChI=1S/C14H18FNO4S/c1-10-4-5-11(8-12(10)15)21(19,20)16-14(9-13(17)18)6-2-3-7-14/h4-5,8,16H,2-3,6-7,9H2,1H3,(H,17,18). The predicted molar refractivity (Wildman–Crippen MR) is 74.9 cm³/mol. The molecule has 1 saturated carbocycles. The van der Waals surface area contributed by atoms with Gasteiger partial charge in [0.1, 0.15) is 5.82 Å². The molecule has 0 atom stereocenters. The Morgan fingerprint density at radius 3 is 2.52 bits per heavy atom. The maximum Gasteiger partial charge on any atom is 0.305 e. The monoisotopic (exact) mass is 315 g/mol. The number of rotatable bonds is 5. The highest BCUT2D eigenvalue weighted by atomic mass is 32.2. The zero-order valence-electron chi connectivity index (χ0n) is 11.7. The molecule has 0 aliphatic heterocycles. The molecule has 0 spiro atoms. The third kappa shape index (κ3) is 3.59. The van der Waals surface area contributed by atoms with Crippen LogP contribution < -0.4 is 4.72 Å². The molecule has 7 heteroatoms. The van der Waals surface area contributed by atoms with Crippen molar-refractivity contribution in [2.75, 3.05) is 0 Å². The average molecular weight is 315 g/mol. The molecule has 0 heterocycles. The molecule has 1 aromatic carbocycles. The van der Waals surface area contributed by atoms with Crippen molar-refractivity contribution in [1.82, 2.24) is 4.72 Å². The van der Waals surface area contributed by atoms with Gasteiger partial charge in [-0.3, -0.25) is 4.79 Å². The van der Waals surface area contributed by atoms with Crippen LogP contribution in [0.3, 0.4) is 0 Å². The zero-order chi connectivity index (χ0) is 15.7. The number of benzene rings is 1. The van der Waals surface area contributed by atoms with Crippen molar-refractivity contribution < 1.29 is 22.7 Å². The zero-order valence-corrected chi connectivity index (χ0v) is 12.5. The Morgan fingerprint density at radius 1 is 1.38 bits per heavy atom. The van der Waals surface area contributed by atoms with Gasteiger partial charge >= 0.3 is 5.97 Å². The summed E-state index contributed by atoms with van der Waals surface area (Å²) in [6.45, 7) is 1.54. The summed E-state index contributed by atoms with van der Waals surface area (Å²) in [7, 11) is -3.94. The number of carboxylic acids is 1. The number of sulfonamides is 1. The van der Waals surface area contributed by atoms with E-state index < -0.39 is 27.3 Å². The molecule has 1 aliphatic carbocycles. The Morgan fingerprint density at radius 2 is 2.00 bits per heavy atom. The van der Waals surface area contributed by atoms with E-state index in [-0.39, 0.29) is 11.3 Å². The number of aryl methyl sites for hydroxylation is 1. The van der Waals surface area contributed by atoms with E-state index in [1.807, 2.05) is 0 Å². The van der Waals surface area contributed by atoms with Crippen LogP contribution in [0.2, 0.25) is 0 Å². The van der Waals surface area contributed by atoms with Crippen LogP contribution in [0.5, 0.6) is 0 Å². The van der Waals surface area contributed by atoms with Crippen LogP contribution in [0.1, 0.15) is 37.7 Å². The van der Waals surface area contributed by atoms with Gasteiger partial charge in [0.15, 0.2) is 0 Å². The van der Waals surface area contributed by atoms with Gasteiger partial charge in [-0.15, -0.1) is 0 Å². The summed E-state index contributed by atoms with van der Waals surface area (Å²) < 4.78 is 40.8. The Bertz CT molecular complexity index is 651. The number of carbonyl (C=O) groups is 1. The van der Waals surface area contributed by atoms with Crippen LogP contribution >= 0.6 is 0 Å². The van der Waals surface area contributed by atoms with Gasteiger partial charge in [-0.2, -0.15) is 0 Å². The fourth-order valence-corrected chi connectivity index (χ4v) is 4.21. The van der Waals surface area contributed by atoms with E-state index in [1.54, 1.807) is 6.92 Å². The number of hydrogen-bond donors (Lipinski definition) is 2. The van der Waals surface area contributed by atoms with Crippen molar-refractivity contribution in [3.63, 3.8) is 0 Å². The Labute approximate surface area is 123 Å². The minimum atomic E-state index is -3.94. The molecule has 0 unspecified atom stereocenters. The second-order valence-electron chi connectivity index (χ2n) is 5.57. The molecule has 0 bridgehead atoms. The van der Waals surface area contributed by atoms with Gasteiger partial charge in [-0.05, 0) is 37.5 Å². The summed E-state index contributed by atoms with van der Waals surface area (Å²) in [5.41, 5.74) is -0.610. The maximum absolute atomic E-state index is 13.5. The summed E-state index contributed by atoms with van der Waals surface area (Å²) in [5, 5.41) is 8.99. The number of hydrogen-bond acceptors (Lipinski definition) is 3. The Hall–Kier alpha value is -1.47. The summed E-state index contributed by atoms with van der Waals surface area (Å²) in [5.74, 6) is -1.65. The highest BCUT2D eigenvalue weighted by Gasteiger charge is 2.39. The first kappa shape index (κ1) is 15.9. The van der Waals surface area contributed by atoms with Gasteiger partial charge in [-0.25, -0.2) is 17.5 Å². The lowest BCUT2D eigenvalue weighted by molar-refractivity contribution is -0.138. The molecule has 0 amide bonds. The maximum atomic E-state index is 13.5. The Balaban J connectivity index is 2.30. The number of carboxylic acid groups (broad SMARTS) is 1. The van der Waals surface area contributed by atoms with Crippen molar-refractivity contribution in [3.8, 4) is 0 Å². The molecule has 2 N–H and O–H groups in total. The fourth-order valence-electron chi connectivity index (χ4n) is 2.74. The van der Waals surface area contributed by atoms with E-state index in [0.29, 0.717) is 18.4 Å². The van der Waals surface area contributed by atoms with E-state index >= 15 is 0 Å². The van der Waals surface area contributed by atoms with Gasteiger partial charge in [0, 0.05) is 5.54 Å². The second kappa shape index (κ2) is 5.73. The highest BCUT2D eigenvalue weighted by molar-refractivity contribution is 7.89. The van der Waals surface area contributed by atoms with Gasteiger partial charge < -0.3 is 5.11 Å². The summed E-state index contributed by atoms with van der Waals surface area (Å²) in [6.07, 6.45) is 2.25. The molecule has 0 radical (unpaired) electrons. The van der Waals surface area contributed by atoms with Gasteiger partial charge in [0.2, 0.25) is 10.0 Å². The summed E-state index contributed by atoms with van der Waals surface area (Å²) in [4.78, 5) is 10.8. The van der Waals surface area contributed by atoms with Crippen LogP contribution in [-0.4, -0.2) is 25.0 Å². The quantitative estimate of drug-likeness (QED) is 0.872. The van der Waals surface area contributed by atoms with Crippen molar-refractivity contribution in [1.29, 1.82) is 0 Å². The fraction of sp³-hybridized carbons (Fsp3) is 0.500. The minimum absolute atomic E-state index is 0.178. The van der Waals surface area contributed by atoms with Crippen molar-refractivity contribution in [3.05, 3.63) is 29.6 Å². The van der Waals surface area contributed by atoms with Gasteiger partial charge in [0.05, 0.1) is 11.3 Å². The van der Waals surface area contributed by atoms with Crippen molar-refractivity contribution in [2.24, 2.45) is 0 Å². The molecule has 0 aromatic heterocycles. The van der Waals surface area contributed by atoms with E-state index in [0.717, 1.165) is 18.9 Å². The lowest BCUT2D eigenvalue weighted by Gasteiger charge is -2.28. The molecule has 1 aliphatic rings. The Kier molecular flexibility index (Phi) is 4.34. The van der Waals surface area contributed by atoms with E-state index in [9.17, 15) is 17.6 Å². The predicted octanol–water partition coefficient (Wildman–Crippen LogP) is 2.20. The molecule has 5 nitrogen and oxygen atoms in total. The first-order chi connectivity index (χ1) is 9.74. The van der Waals surface area contributed by atoms with Gasteiger partial charge in [0.25, 0.3) is 0 Å². The number of halogens is 1. The molecular formula is C14H18FNO4S. The lowest BCUT2D eigenvalue weighted by Crippen LogP contribution is -2.47. The third-order valence-electron chi connectivity index (χ3n) is 3.85. The molecule has 1 fully saturated rings. The normalized spacial score (nSPS) is 17.8. The summed E-state index contributed by atoms with van der Waals surface area (Å²) in [6, 6.07) is 3.67. The van der Waals surface area contributed by atoms with Crippen LogP contribution in [0, 0.1) is 12.7 Å². The topological polar surface area (TPSA) is 83.5 Å². The molecule has 116 valence electrons. The molecule has 2 rings (SSSR count). The summed E-state index contributed by atoms with van der Waals surface area (Å²) >= 11 is 0. The van der Waals surface area contributed by atoms with Crippen LogP contribution in [-0.2, 0) is 14.8 Å².